The Morgan fingerprint density at radius 3 is 2.33 bits per heavy atom. The number of hydrogen-bond donors (Lipinski definition) is 1. The van der Waals surface area contributed by atoms with Gasteiger partial charge in [0.15, 0.2) is 0 Å². The molecule has 1 saturated heterocycles. The molecule has 0 spiro atoms. The lowest BCUT2D eigenvalue weighted by molar-refractivity contribution is -0.117. The Kier molecular flexibility index (Phi) is 2.99. The summed E-state index contributed by atoms with van der Waals surface area (Å²) in [6, 6.07) is 0. The van der Waals surface area contributed by atoms with E-state index in [1.54, 1.807) is 0 Å². The van der Waals surface area contributed by atoms with E-state index in [9.17, 15) is 4.79 Å². The van der Waals surface area contributed by atoms with Crippen LogP contribution in [0, 0.1) is 0 Å². The molecule has 1 aromatic rings. The van der Waals surface area contributed by atoms with Gasteiger partial charge in [-0.3, -0.25) is 9.69 Å². The monoisotopic (exact) mass is 264 g/mol. The molecule has 1 aromatic heterocycles. The van der Waals surface area contributed by atoms with Crippen molar-refractivity contribution in [1.29, 1.82) is 0 Å². The van der Waals surface area contributed by atoms with Crippen LogP contribution in [0.25, 0.3) is 0 Å². The Labute approximate surface area is 101 Å². The van der Waals surface area contributed by atoms with Crippen molar-refractivity contribution in [1.82, 2.24) is 15.0 Å². The third kappa shape index (κ3) is 2.32. The fraction of sp³-hybridized carbons (Fsp3) is 0.429. The summed E-state index contributed by atoms with van der Waals surface area (Å²) in [6.07, 6.45) is 0.365. The molecule has 8 heteroatoms. The average Bonchev–Trinajstić information content (AvgIpc) is 2.43. The van der Waals surface area contributed by atoms with E-state index in [1.165, 1.54) is 4.90 Å². The fourth-order valence-electron chi connectivity index (χ4n) is 1.32. The van der Waals surface area contributed by atoms with Gasteiger partial charge in [-0.2, -0.15) is 27.6 Å². The fourth-order valence-corrected chi connectivity index (χ4v) is 1.99. The van der Waals surface area contributed by atoms with Crippen LogP contribution in [-0.4, -0.2) is 32.7 Å². The van der Waals surface area contributed by atoms with Crippen molar-refractivity contribution in [3.63, 3.8) is 0 Å². The lowest BCUT2D eigenvalue weighted by Crippen LogP contribution is -2.27. The standard InChI is InChI=1S/C7H6Cl2N4OS/c8-5-10-6(9)12-7(11-5)13-2-3(15)1-4(13)14/h3,15H,1-2H2. The minimum absolute atomic E-state index is 0.00758. The van der Waals surface area contributed by atoms with E-state index in [4.69, 9.17) is 23.2 Å². The van der Waals surface area contributed by atoms with Crippen molar-refractivity contribution in [3.8, 4) is 0 Å². The highest BCUT2D eigenvalue weighted by atomic mass is 35.5. The highest BCUT2D eigenvalue weighted by molar-refractivity contribution is 7.81. The molecule has 1 aliphatic rings. The van der Waals surface area contributed by atoms with Gasteiger partial charge in [0.05, 0.1) is 0 Å². The number of amides is 1. The molecule has 0 N–H and O–H groups in total. The molecule has 0 saturated carbocycles. The zero-order chi connectivity index (χ0) is 11.0. The summed E-state index contributed by atoms with van der Waals surface area (Å²) in [7, 11) is 0. The second kappa shape index (κ2) is 4.11. The van der Waals surface area contributed by atoms with Gasteiger partial charge in [-0.1, -0.05) is 0 Å². The number of carbonyl (C=O) groups excluding carboxylic acids is 1. The molecule has 0 radical (unpaired) electrons. The number of thiol groups is 1. The van der Waals surface area contributed by atoms with Gasteiger partial charge in [0.25, 0.3) is 0 Å². The van der Waals surface area contributed by atoms with Gasteiger partial charge in [0.1, 0.15) is 0 Å². The topological polar surface area (TPSA) is 59.0 Å². The lowest BCUT2D eigenvalue weighted by Gasteiger charge is -2.12. The highest BCUT2D eigenvalue weighted by Gasteiger charge is 2.30. The van der Waals surface area contributed by atoms with E-state index in [-0.39, 0.29) is 27.7 Å². The van der Waals surface area contributed by atoms with Gasteiger partial charge < -0.3 is 0 Å². The average molecular weight is 265 g/mol. The van der Waals surface area contributed by atoms with Crippen LogP contribution in [0.4, 0.5) is 5.95 Å². The molecule has 1 atom stereocenters. The third-order valence-electron chi connectivity index (χ3n) is 1.92. The Balaban J connectivity index is 2.33. The van der Waals surface area contributed by atoms with E-state index >= 15 is 0 Å². The molecule has 1 unspecified atom stereocenters. The number of hydrogen-bond acceptors (Lipinski definition) is 5. The molecule has 1 amide bonds. The summed E-state index contributed by atoms with van der Waals surface area (Å²) < 4.78 is 0. The van der Waals surface area contributed by atoms with Crippen molar-refractivity contribution >= 4 is 47.7 Å². The maximum atomic E-state index is 11.5. The predicted octanol–water partition coefficient (Wildman–Crippen LogP) is 1.21. The Morgan fingerprint density at radius 2 is 1.87 bits per heavy atom. The molecule has 0 aliphatic carbocycles. The van der Waals surface area contributed by atoms with Gasteiger partial charge in [0, 0.05) is 18.2 Å². The molecule has 0 aromatic carbocycles. The van der Waals surface area contributed by atoms with Crippen LogP contribution >= 0.6 is 35.8 Å². The van der Waals surface area contributed by atoms with Crippen molar-refractivity contribution in [3.05, 3.63) is 10.6 Å². The van der Waals surface area contributed by atoms with Crippen molar-refractivity contribution < 1.29 is 4.79 Å². The smallest absolute Gasteiger partial charge is 0.237 e. The molecule has 80 valence electrons. The van der Waals surface area contributed by atoms with E-state index in [1.807, 2.05) is 0 Å². The van der Waals surface area contributed by atoms with E-state index in [0.29, 0.717) is 13.0 Å². The number of rotatable bonds is 1. The summed E-state index contributed by atoms with van der Waals surface area (Å²) in [4.78, 5) is 24.2. The Morgan fingerprint density at radius 1 is 1.27 bits per heavy atom. The number of nitrogens with zero attached hydrogens (tertiary/aromatic N) is 4. The number of carbonyl (C=O) groups is 1. The first-order valence-corrected chi connectivity index (χ1v) is 5.39. The lowest BCUT2D eigenvalue weighted by atomic mass is 10.4. The molecular weight excluding hydrogens is 259 g/mol. The van der Waals surface area contributed by atoms with Crippen LogP contribution in [-0.2, 0) is 4.79 Å². The van der Waals surface area contributed by atoms with Crippen molar-refractivity contribution in [2.24, 2.45) is 0 Å². The number of halogens is 2. The Bertz CT molecular complexity index is 396. The maximum absolute atomic E-state index is 11.5. The van der Waals surface area contributed by atoms with Gasteiger partial charge in [-0.05, 0) is 23.2 Å². The first-order chi connectivity index (χ1) is 7.06. The van der Waals surface area contributed by atoms with Crippen molar-refractivity contribution in [2.45, 2.75) is 11.7 Å². The molecule has 5 nitrogen and oxygen atoms in total. The molecule has 2 rings (SSSR count). The van der Waals surface area contributed by atoms with Crippen LogP contribution in [0.2, 0.25) is 10.6 Å². The minimum Gasteiger partial charge on any atom is -0.279 e. The van der Waals surface area contributed by atoms with E-state index in [2.05, 4.69) is 27.6 Å². The zero-order valence-corrected chi connectivity index (χ0v) is 9.80. The second-order valence-corrected chi connectivity index (χ2v) is 4.44. The molecule has 0 bridgehead atoms. The highest BCUT2D eigenvalue weighted by Crippen LogP contribution is 2.22. The molecule has 1 fully saturated rings. The zero-order valence-electron chi connectivity index (χ0n) is 7.39. The van der Waals surface area contributed by atoms with E-state index < -0.39 is 0 Å². The summed E-state index contributed by atoms with van der Waals surface area (Å²) in [5, 5.41) is -0.0624. The molecule has 15 heavy (non-hydrogen) atoms. The maximum Gasteiger partial charge on any atom is 0.237 e. The number of aromatic nitrogens is 3. The summed E-state index contributed by atoms with van der Waals surface area (Å²) in [5.74, 6) is 0.0925. The quantitative estimate of drug-likeness (QED) is 0.775. The second-order valence-electron chi connectivity index (χ2n) is 3.04. The van der Waals surface area contributed by atoms with Crippen LogP contribution in [0.1, 0.15) is 6.42 Å². The van der Waals surface area contributed by atoms with Gasteiger partial charge in [-0.25, -0.2) is 0 Å². The summed E-state index contributed by atoms with van der Waals surface area (Å²) in [5.41, 5.74) is 0. The normalized spacial score (nSPS) is 21.1. The SMILES string of the molecule is O=C1CC(S)CN1c1nc(Cl)nc(Cl)n1. The first kappa shape index (κ1) is 10.9. The van der Waals surface area contributed by atoms with Gasteiger partial charge in [0.2, 0.25) is 22.4 Å². The van der Waals surface area contributed by atoms with Crippen molar-refractivity contribution in [2.75, 3.05) is 11.4 Å². The predicted molar refractivity (Wildman–Crippen MR) is 59.6 cm³/mol. The molecule has 1 aliphatic heterocycles. The molecular formula is C7H6Cl2N4OS. The van der Waals surface area contributed by atoms with Crippen LogP contribution in [0.3, 0.4) is 0 Å². The largest absolute Gasteiger partial charge is 0.279 e. The van der Waals surface area contributed by atoms with Gasteiger partial charge in [-0.15, -0.1) is 0 Å². The first-order valence-electron chi connectivity index (χ1n) is 4.12. The summed E-state index contributed by atoms with van der Waals surface area (Å²) in [6.45, 7) is 0.457. The molecule has 2 heterocycles. The van der Waals surface area contributed by atoms with Crippen LogP contribution in [0.15, 0.2) is 0 Å². The number of anilines is 1. The van der Waals surface area contributed by atoms with Gasteiger partial charge >= 0.3 is 0 Å². The van der Waals surface area contributed by atoms with Crippen LogP contribution < -0.4 is 4.90 Å². The third-order valence-corrected chi connectivity index (χ3v) is 2.60. The van der Waals surface area contributed by atoms with Crippen LogP contribution in [0.5, 0.6) is 0 Å². The minimum atomic E-state index is -0.0895. The van der Waals surface area contributed by atoms with E-state index in [0.717, 1.165) is 0 Å². The summed E-state index contributed by atoms with van der Waals surface area (Å²) >= 11 is 15.4. The Hall–Kier alpha value is -0.590.